The lowest BCUT2D eigenvalue weighted by molar-refractivity contribution is -0.124. The number of halogens is 1. The summed E-state index contributed by atoms with van der Waals surface area (Å²) in [5.41, 5.74) is -0.119. The molecule has 0 unspecified atom stereocenters. The fourth-order valence-electron chi connectivity index (χ4n) is 1.60. The molecule has 1 N–H and O–H groups in total. The average Bonchev–Trinajstić information content (AvgIpc) is 2.44. The third kappa shape index (κ3) is 5.19. The van der Waals surface area contributed by atoms with E-state index in [0.717, 1.165) is 10.4 Å². The molecule has 0 aliphatic rings. The summed E-state index contributed by atoms with van der Waals surface area (Å²) in [6, 6.07) is 3.63. The highest BCUT2D eigenvalue weighted by Crippen LogP contribution is 2.22. The number of rotatable bonds is 6. The van der Waals surface area contributed by atoms with Gasteiger partial charge in [0.1, 0.15) is 0 Å². The van der Waals surface area contributed by atoms with E-state index < -0.39 is 28.5 Å². The highest BCUT2D eigenvalue weighted by Gasteiger charge is 2.21. The summed E-state index contributed by atoms with van der Waals surface area (Å²) in [6.45, 7) is 3.07. The molecule has 0 aliphatic heterocycles. The van der Waals surface area contributed by atoms with E-state index in [-0.39, 0.29) is 21.5 Å². The van der Waals surface area contributed by atoms with Crippen LogP contribution >= 0.6 is 11.6 Å². The summed E-state index contributed by atoms with van der Waals surface area (Å²) in [5.74, 6) is -1.33. The van der Waals surface area contributed by atoms with Gasteiger partial charge in [-0.1, -0.05) is 11.6 Å². The molecular weight excluding hydrogens is 344 g/mol. The Balaban J connectivity index is 2.96. The molecule has 0 spiro atoms. The standard InChI is InChI=1S/C14H19ClN2O5S/c1-9(2)16-13(18)8-22-14(19)11-7-10(5-6-12(11)15)23(20,21)17(3)4/h5-7,9H,8H2,1-4H3,(H,16,18). The predicted octanol–water partition coefficient (Wildman–Crippen LogP) is 1.27. The van der Waals surface area contributed by atoms with E-state index in [1.54, 1.807) is 13.8 Å². The number of hydrogen-bond acceptors (Lipinski definition) is 5. The van der Waals surface area contributed by atoms with E-state index in [0.29, 0.717) is 0 Å². The number of carbonyl (C=O) groups is 2. The van der Waals surface area contributed by atoms with E-state index in [4.69, 9.17) is 16.3 Å². The molecule has 9 heteroatoms. The smallest absolute Gasteiger partial charge is 0.340 e. The maximum atomic E-state index is 12.1. The first-order valence-electron chi connectivity index (χ1n) is 6.74. The van der Waals surface area contributed by atoms with Crippen LogP contribution in [0.25, 0.3) is 0 Å². The van der Waals surface area contributed by atoms with Gasteiger partial charge in [0, 0.05) is 20.1 Å². The van der Waals surface area contributed by atoms with Gasteiger partial charge in [0.15, 0.2) is 6.61 Å². The maximum absolute atomic E-state index is 12.1. The second kappa shape index (κ2) is 7.76. The number of carbonyl (C=O) groups excluding carboxylic acids is 2. The number of sulfonamides is 1. The topological polar surface area (TPSA) is 92.8 Å². The van der Waals surface area contributed by atoms with Crippen molar-refractivity contribution in [1.82, 2.24) is 9.62 Å². The van der Waals surface area contributed by atoms with Crippen molar-refractivity contribution in [3.05, 3.63) is 28.8 Å². The van der Waals surface area contributed by atoms with E-state index in [9.17, 15) is 18.0 Å². The fourth-order valence-corrected chi connectivity index (χ4v) is 2.73. The zero-order chi connectivity index (χ0) is 17.8. The summed E-state index contributed by atoms with van der Waals surface area (Å²) >= 11 is 5.91. The first kappa shape index (κ1) is 19.4. The van der Waals surface area contributed by atoms with Gasteiger partial charge in [-0.15, -0.1) is 0 Å². The zero-order valence-corrected chi connectivity index (χ0v) is 14.9. The van der Waals surface area contributed by atoms with Gasteiger partial charge in [0.25, 0.3) is 5.91 Å². The number of nitrogens with zero attached hydrogens (tertiary/aromatic N) is 1. The summed E-state index contributed by atoms with van der Waals surface area (Å²) in [6.07, 6.45) is 0. The monoisotopic (exact) mass is 362 g/mol. The third-order valence-corrected chi connectivity index (χ3v) is 4.86. The third-order valence-electron chi connectivity index (χ3n) is 2.72. The van der Waals surface area contributed by atoms with Crippen molar-refractivity contribution in [3.63, 3.8) is 0 Å². The van der Waals surface area contributed by atoms with Crippen molar-refractivity contribution < 1.29 is 22.7 Å². The number of amides is 1. The van der Waals surface area contributed by atoms with Crippen molar-refractivity contribution in [2.75, 3.05) is 20.7 Å². The van der Waals surface area contributed by atoms with Crippen molar-refractivity contribution in [2.24, 2.45) is 0 Å². The Kier molecular flexibility index (Phi) is 6.55. The van der Waals surface area contributed by atoms with Gasteiger partial charge in [0.05, 0.1) is 15.5 Å². The largest absolute Gasteiger partial charge is 0.452 e. The summed E-state index contributed by atoms with van der Waals surface area (Å²) in [7, 11) is -0.963. The van der Waals surface area contributed by atoms with Crippen LogP contribution in [0.4, 0.5) is 0 Å². The Morgan fingerprint density at radius 3 is 2.43 bits per heavy atom. The minimum Gasteiger partial charge on any atom is -0.452 e. The molecule has 23 heavy (non-hydrogen) atoms. The molecule has 0 fully saturated rings. The minimum absolute atomic E-state index is 0.0389. The van der Waals surface area contributed by atoms with Crippen LogP contribution in [0.5, 0.6) is 0 Å². The molecule has 0 radical (unpaired) electrons. The first-order valence-corrected chi connectivity index (χ1v) is 8.56. The van der Waals surface area contributed by atoms with E-state index in [1.165, 1.54) is 26.2 Å². The molecule has 1 aromatic carbocycles. The van der Waals surface area contributed by atoms with Crippen LogP contribution in [0, 0.1) is 0 Å². The Bertz CT molecular complexity index is 701. The van der Waals surface area contributed by atoms with Crippen molar-refractivity contribution in [2.45, 2.75) is 24.8 Å². The van der Waals surface area contributed by atoms with Gasteiger partial charge in [0.2, 0.25) is 10.0 Å². The van der Waals surface area contributed by atoms with Gasteiger partial charge < -0.3 is 10.1 Å². The van der Waals surface area contributed by atoms with Crippen LogP contribution in [-0.4, -0.2) is 51.3 Å². The van der Waals surface area contributed by atoms with Crippen LogP contribution in [0.3, 0.4) is 0 Å². The molecule has 1 rings (SSSR count). The SMILES string of the molecule is CC(C)NC(=O)COC(=O)c1cc(S(=O)(=O)N(C)C)ccc1Cl. The number of nitrogens with one attached hydrogen (secondary N) is 1. The fraction of sp³-hybridized carbons (Fsp3) is 0.429. The van der Waals surface area contributed by atoms with Gasteiger partial charge in [-0.25, -0.2) is 17.5 Å². The van der Waals surface area contributed by atoms with Gasteiger partial charge in [-0.05, 0) is 32.0 Å². The van der Waals surface area contributed by atoms with Crippen LogP contribution in [0.1, 0.15) is 24.2 Å². The lowest BCUT2D eigenvalue weighted by Gasteiger charge is -2.13. The number of benzene rings is 1. The molecule has 0 heterocycles. The van der Waals surface area contributed by atoms with Crippen LogP contribution < -0.4 is 5.32 Å². The Labute approximate surface area is 140 Å². The van der Waals surface area contributed by atoms with Gasteiger partial charge >= 0.3 is 5.97 Å². The second-order valence-electron chi connectivity index (χ2n) is 5.23. The Hall–Kier alpha value is -1.64. The summed E-state index contributed by atoms with van der Waals surface area (Å²) < 4.78 is 30.0. The molecular formula is C14H19ClN2O5S. The predicted molar refractivity (Wildman–Crippen MR) is 85.9 cm³/mol. The number of esters is 1. The highest BCUT2D eigenvalue weighted by molar-refractivity contribution is 7.89. The lowest BCUT2D eigenvalue weighted by Crippen LogP contribution is -2.34. The van der Waals surface area contributed by atoms with Crippen molar-refractivity contribution in [3.8, 4) is 0 Å². The molecule has 0 bridgehead atoms. The van der Waals surface area contributed by atoms with E-state index in [1.807, 2.05) is 0 Å². The van der Waals surface area contributed by atoms with Crippen LogP contribution in [-0.2, 0) is 19.6 Å². The van der Waals surface area contributed by atoms with Gasteiger partial charge in [-0.3, -0.25) is 4.79 Å². The molecule has 128 valence electrons. The van der Waals surface area contributed by atoms with Crippen LogP contribution in [0.2, 0.25) is 5.02 Å². The van der Waals surface area contributed by atoms with E-state index in [2.05, 4.69) is 5.32 Å². The first-order chi connectivity index (χ1) is 10.6. The molecule has 0 saturated heterocycles. The molecule has 1 aromatic rings. The maximum Gasteiger partial charge on any atom is 0.340 e. The van der Waals surface area contributed by atoms with Crippen molar-refractivity contribution in [1.29, 1.82) is 0 Å². The normalized spacial score (nSPS) is 11.6. The average molecular weight is 363 g/mol. The molecule has 0 aromatic heterocycles. The molecule has 0 atom stereocenters. The molecule has 0 saturated carbocycles. The van der Waals surface area contributed by atoms with E-state index >= 15 is 0 Å². The lowest BCUT2D eigenvalue weighted by atomic mass is 10.2. The van der Waals surface area contributed by atoms with Crippen molar-refractivity contribution >= 4 is 33.5 Å². The van der Waals surface area contributed by atoms with Crippen LogP contribution in [0.15, 0.2) is 23.1 Å². The molecule has 0 aliphatic carbocycles. The number of ether oxygens (including phenoxy) is 1. The Morgan fingerprint density at radius 2 is 1.91 bits per heavy atom. The zero-order valence-electron chi connectivity index (χ0n) is 13.3. The summed E-state index contributed by atoms with van der Waals surface area (Å²) in [5, 5.41) is 2.60. The Morgan fingerprint density at radius 1 is 1.30 bits per heavy atom. The quantitative estimate of drug-likeness (QED) is 0.769. The molecule has 1 amide bonds. The highest BCUT2D eigenvalue weighted by atomic mass is 35.5. The molecule has 7 nitrogen and oxygen atoms in total. The number of hydrogen-bond donors (Lipinski definition) is 1. The van der Waals surface area contributed by atoms with Gasteiger partial charge in [-0.2, -0.15) is 0 Å². The second-order valence-corrected chi connectivity index (χ2v) is 7.79. The summed E-state index contributed by atoms with van der Waals surface area (Å²) in [4.78, 5) is 23.4. The minimum atomic E-state index is -3.71.